The molecule has 0 aliphatic rings. The minimum atomic E-state index is -4.13. The zero-order valence-electron chi connectivity index (χ0n) is 17.4. The van der Waals surface area contributed by atoms with E-state index < -0.39 is 15.9 Å². The summed E-state index contributed by atoms with van der Waals surface area (Å²) in [6, 6.07) is 17.6. The summed E-state index contributed by atoms with van der Waals surface area (Å²) in [5.41, 5.74) is 0.530. The molecule has 154 valence electrons. The number of hydrogen-bond acceptors (Lipinski definition) is 5. The molecule has 29 heavy (non-hydrogen) atoms. The summed E-state index contributed by atoms with van der Waals surface area (Å²) in [6.45, 7) is 2.21. The molecule has 0 bridgehead atoms. The second-order valence-corrected chi connectivity index (χ2v) is 7.90. The van der Waals surface area contributed by atoms with Gasteiger partial charge in [0.25, 0.3) is 0 Å². The molecule has 5 nitrogen and oxygen atoms in total. The molecule has 0 spiro atoms. The van der Waals surface area contributed by atoms with Crippen LogP contribution in [0.5, 0.6) is 5.75 Å². The Balaban J connectivity index is 0.000000568. The van der Waals surface area contributed by atoms with Gasteiger partial charge in [-0.2, -0.15) is 0 Å². The fraction of sp³-hybridized carbons (Fsp3) is 0.409. The van der Waals surface area contributed by atoms with E-state index >= 15 is 0 Å². The first-order chi connectivity index (χ1) is 13.4. The molecular weight excluding hydrogens is 399 g/mol. The van der Waals surface area contributed by atoms with Crippen LogP contribution in [0.3, 0.4) is 0 Å². The van der Waals surface area contributed by atoms with E-state index in [0.29, 0.717) is 17.7 Å². The van der Waals surface area contributed by atoms with Gasteiger partial charge in [0.15, 0.2) is 0 Å². The van der Waals surface area contributed by atoms with E-state index in [2.05, 4.69) is 6.92 Å². The Hall–Kier alpha value is -1.18. The fourth-order valence-electron chi connectivity index (χ4n) is 2.50. The molecule has 2 aromatic rings. The van der Waals surface area contributed by atoms with E-state index in [1.165, 1.54) is 25.7 Å². The quantitative estimate of drug-likeness (QED) is 0.190. The number of ether oxygens (including phenoxy) is 1. The van der Waals surface area contributed by atoms with Crippen molar-refractivity contribution in [2.45, 2.75) is 57.6 Å². The third kappa shape index (κ3) is 16.3. The van der Waals surface area contributed by atoms with Crippen molar-refractivity contribution < 1.29 is 52.1 Å². The third-order valence-corrected chi connectivity index (χ3v) is 4.58. The average Bonchev–Trinajstić information content (AvgIpc) is 2.65. The van der Waals surface area contributed by atoms with Crippen molar-refractivity contribution in [1.29, 1.82) is 0 Å². The van der Waals surface area contributed by atoms with E-state index in [1.807, 2.05) is 18.2 Å². The molecule has 0 aromatic heterocycles. The van der Waals surface area contributed by atoms with Gasteiger partial charge in [0.1, 0.15) is 5.75 Å². The Morgan fingerprint density at radius 2 is 1.38 bits per heavy atom. The Morgan fingerprint density at radius 3 is 1.93 bits per heavy atom. The van der Waals surface area contributed by atoms with Crippen molar-refractivity contribution in [3.63, 3.8) is 0 Å². The minimum Gasteiger partial charge on any atom is -0.748 e. The van der Waals surface area contributed by atoms with E-state index in [-0.39, 0.29) is 35.5 Å². The fourth-order valence-corrected chi connectivity index (χ4v) is 3.10. The molecule has 0 aliphatic carbocycles. The third-order valence-electron chi connectivity index (χ3n) is 3.90. The van der Waals surface area contributed by atoms with Crippen LogP contribution in [0.1, 0.15) is 57.4 Å². The number of hydrogen-bond donors (Lipinski definition) is 0. The number of esters is 1. The summed E-state index contributed by atoms with van der Waals surface area (Å²) >= 11 is 0. The van der Waals surface area contributed by atoms with Gasteiger partial charge < -0.3 is 9.29 Å². The first-order valence-electron chi connectivity index (χ1n) is 9.64. The van der Waals surface area contributed by atoms with E-state index in [0.717, 1.165) is 12.8 Å². The van der Waals surface area contributed by atoms with Gasteiger partial charge in [0.05, 0.1) is 15.9 Å². The minimum absolute atomic E-state index is 0. The van der Waals surface area contributed by atoms with Gasteiger partial charge in [0.2, 0.25) is 0 Å². The van der Waals surface area contributed by atoms with Crippen molar-refractivity contribution in [3.8, 4) is 5.75 Å². The van der Waals surface area contributed by atoms with Crippen LogP contribution >= 0.6 is 0 Å². The number of unbranched alkanes of at least 4 members (excludes halogenated alkanes) is 5. The van der Waals surface area contributed by atoms with Gasteiger partial charge in [-0.1, -0.05) is 87.6 Å². The van der Waals surface area contributed by atoms with Crippen LogP contribution in [0, 0.1) is 0 Å². The molecule has 0 unspecified atom stereocenters. The average molecular weight is 429 g/mol. The molecule has 0 atom stereocenters. The van der Waals surface area contributed by atoms with Crippen LogP contribution in [0.15, 0.2) is 60.7 Å². The summed E-state index contributed by atoms with van der Waals surface area (Å²) in [5.74, 6) is 0.101. The maximum Gasteiger partial charge on any atom is 1.00 e. The summed E-state index contributed by atoms with van der Waals surface area (Å²) in [4.78, 5) is 11.5. The Morgan fingerprint density at radius 1 is 0.862 bits per heavy atom. The van der Waals surface area contributed by atoms with Gasteiger partial charge >= 0.3 is 35.5 Å². The maximum atomic E-state index is 11.5. The molecule has 0 radical (unpaired) electrons. The molecule has 0 heterocycles. The van der Waals surface area contributed by atoms with Crippen LogP contribution in [0.2, 0.25) is 0 Å². The van der Waals surface area contributed by atoms with Crippen LogP contribution in [-0.4, -0.2) is 18.9 Å². The second kappa shape index (κ2) is 16.6. The predicted octanol–water partition coefficient (Wildman–Crippen LogP) is 2.08. The van der Waals surface area contributed by atoms with E-state index in [1.54, 1.807) is 42.5 Å². The first-order valence-corrected chi connectivity index (χ1v) is 11.2. The van der Waals surface area contributed by atoms with Crippen molar-refractivity contribution >= 4 is 16.1 Å². The molecule has 0 saturated carbocycles. The largest absolute Gasteiger partial charge is 1.00 e. The normalized spacial score (nSPS) is 10.3. The molecular formula is C22H29NaO5S. The number of benzene rings is 2. The van der Waals surface area contributed by atoms with Gasteiger partial charge in [0, 0.05) is 6.42 Å². The van der Waals surface area contributed by atoms with Crippen LogP contribution in [0.4, 0.5) is 0 Å². The standard InChI is InChI=1S/C15H22O2.C7H8O3S.Na/c1-2-3-4-5-6-10-13-15(16)17-14-11-8-7-9-12-14;8-11(9,10)6-7-4-2-1-3-5-7;/h7-9,11-12H,2-6,10,13H2,1H3;1-5H,6H2,(H,8,9,10);/q;;+1/p-1. The van der Waals surface area contributed by atoms with Crippen molar-refractivity contribution in [2.75, 3.05) is 0 Å². The molecule has 0 saturated heterocycles. The van der Waals surface area contributed by atoms with Crippen LogP contribution < -0.4 is 34.3 Å². The zero-order valence-corrected chi connectivity index (χ0v) is 20.2. The first kappa shape index (κ1) is 27.8. The molecule has 7 heteroatoms. The molecule has 0 amide bonds. The van der Waals surface area contributed by atoms with Crippen molar-refractivity contribution in [3.05, 3.63) is 66.2 Å². The number of para-hydroxylation sites is 1. The Kier molecular flexibility index (Phi) is 15.9. The number of carbonyl (C=O) groups excluding carboxylic acids is 1. The van der Waals surface area contributed by atoms with Crippen molar-refractivity contribution in [2.24, 2.45) is 0 Å². The van der Waals surface area contributed by atoms with Gasteiger partial charge in [-0.05, 0) is 24.1 Å². The SMILES string of the molecule is CCCCCCCCC(=O)Oc1ccccc1.O=S(=O)([O-])Cc1ccccc1.[Na+]. The van der Waals surface area contributed by atoms with E-state index in [4.69, 9.17) is 4.74 Å². The van der Waals surface area contributed by atoms with Gasteiger partial charge in [-0.3, -0.25) is 4.79 Å². The van der Waals surface area contributed by atoms with E-state index in [9.17, 15) is 17.8 Å². The van der Waals surface area contributed by atoms with Crippen LogP contribution in [0.25, 0.3) is 0 Å². The number of carbonyl (C=O) groups is 1. The van der Waals surface area contributed by atoms with Gasteiger partial charge in [-0.25, -0.2) is 8.42 Å². The molecule has 0 fully saturated rings. The second-order valence-electron chi connectivity index (χ2n) is 6.49. The van der Waals surface area contributed by atoms with Gasteiger partial charge in [-0.15, -0.1) is 0 Å². The summed E-state index contributed by atoms with van der Waals surface area (Å²) < 4.78 is 35.9. The molecule has 0 N–H and O–H groups in total. The molecule has 2 rings (SSSR count). The topological polar surface area (TPSA) is 83.5 Å². The Labute approximate surface area is 196 Å². The molecule has 0 aliphatic heterocycles. The summed E-state index contributed by atoms with van der Waals surface area (Å²) in [6.07, 6.45) is 7.67. The zero-order chi connectivity index (χ0) is 20.7. The summed E-state index contributed by atoms with van der Waals surface area (Å²) in [7, 11) is -4.13. The monoisotopic (exact) mass is 428 g/mol. The van der Waals surface area contributed by atoms with Crippen LogP contribution in [-0.2, 0) is 20.7 Å². The smallest absolute Gasteiger partial charge is 0.748 e. The number of rotatable bonds is 10. The summed E-state index contributed by atoms with van der Waals surface area (Å²) in [5, 5.41) is 0. The maximum absolute atomic E-state index is 11.5. The Bertz CT molecular complexity index is 764. The predicted molar refractivity (Wildman–Crippen MR) is 110 cm³/mol. The van der Waals surface area contributed by atoms with Crippen molar-refractivity contribution in [1.82, 2.24) is 0 Å². The molecule has 2 aromatic carbocycles.